The molecule has 1 saturated heterocycles. The van der Waals surface area contributed by atoms with E-state index >= 15 is 0 Å². The molecule has 2 atom stereocenters. The molecule has 5 rings (SSSR count). The largest absolute Gasteiger partial charge is 0.497 e. The van der Waals surface area contributed by atoms with E-state index in [0.29, 0.717) is 31.1 Å². The van der Waals surface area contributed by atoms with Crippen molar-refractivity contribution in [3.05, 3.63) is 60.0 Å². The Bertz CT molecular complexity index is 1190. The van der Waals surface area contributed by atoms with Crippen molar-refractivity contribution in [1.82, 2.24) is 19.8 Å². The first-order valence-corrected chi connectivity index (χ1v) is 11.3. The zero-order valence-corrected chi connectivity index (χ0v) is 18.9. The first kappa shape index (κ1) is 21.5. The van der Waals surface area contributed by atoms with Crippen molar-refractivity contribution in [2.75, 3.05) is 20.3 Å². The molecule has 8 heteroatoms. The minimum absolute atomic E-state index is 0.0239. The lowest BCUT2D eigenvalue weighted by molar-refractivity contribution is -0.133. The molecular weight excluding hydrogens is 420 g/mol. The van der Waals surface area contributed by atoms with Crippen LogP contribution in [0.15, 0.2) is 48.8 Å². The number of amides is 2. The maximum absolute atomic E-state index is 13.8. The minimum Gasteiger partial charge on any atom is -0.497 e. The molecular formula is C25H28N4O4. The van der Waals surface area contributed by atoms with E-state index in [2.05, 4.69) is 10.3 Å². The van der Waals surface area contributed by atoms with E-state index in [0.717, 1.165) is 35.9 Å². The molecule has 0 saturated carbocycles. The molecule has 3 aromatic rings. The number of carbonyl (C=O) groups excluding carboxylic acids is 2. The van der Waals surface area contributed by atoms with Crippen LogP contribution in [0.5, 0.6) is 5.75 Å². The first-order chi connectivity index (χ1) is 16.0. The summed E-state index contributed by atoms with van der Waals surface area (Å²) < 4.78 is 13.0. The van der Waals surface area contributed by atoms with E-state index in [9.17, 15) is 9.59 Å². The predicted octanol–water partition coefficient (Wildman–Crippen LogP) is 2.75. The number of hydrogen-bond acceptors (Lipinski definition) is 5. The van der Waals surface area contributed by atoms with Gasteiger partial charge in [-0.1, -0.05) is 6.07 Å². The van der Waals surface area contributed by atoms with Gasteiger partial charge in [0.2, 0.25) is 5.91 Å². The summed E-state index contributed by atoms with van der Waals surface area (Å²) in [5.41, 5.74) is 1.21. The van der Waals surface area contributed by atoms with Gasteiger partial charge in [0.05, 0.1) is 25.3 Å². The van der Waals surface area contributed by atoms with Crippen LogP contribution < -0.4 is 10.1 Å². The van der Waals surface area contributed by atoms with Gasteiger partial charge in [-0.2, -0.15) is 0 Å². The van der Waals surface area contributed by atoms with Crippen molar-refractivity contribution < 1.29 is 19.1 Å². The number of nitrogens with one attached hydrogen (secondary N) is 1. The van der Waals surface area contributed by atoms with Crippen LogP contribution in [0.3, 0.4) is 0 Å². The van der Waals surface area contributed by atoms with E-state index in [1.807, 2.05) is 47.9 Å². The number of ether oxygens (including phenoxy) is 2. The van der Waals surface area contributed by atoms with Crippen LogP contribution in [-0.2, 0) is 22.6 Å². The maximum atomic E-state index is 13.8. The lowest BCUT2D eigenvalue weighted by Crippen LogP contribution is -2.64. The van der Waals surface area contributed by atoms with Crippen molar-refractivity contribution in [3.63, 3.8) is 0 Å². The third-order valence-electron chi connectivity index (χ3n) is 6.70. The maximum Gasteiger partial charge on any atom is 0.271 e. The molecule has 0 aliphatic carbocycles. The Morgan fingerprint density at radius 1 is 1.33 bits per heavy atom. The van der Waals surface area contributed by atoms with Crippen molar-refractivity contribution in [1.29, 1.82) is 0 Å². The first-order valence-electron chi connectivity index (χ1n) is 11.3. The van der Waals surface area contributed by atoms with Crippen LogP contribution in [0.2, 0.25) is 0 Å². The average molecular weight is 449 g/mol. The molecule has 2 aliphatic heterocycles. The molecule has 4 heterocycles. The molecule has 1 fully saturated rings. The van der Waals surface area contributed by atoms with E-state index in [-0.39, 0.29) is 17.9 Å². The van der Waals surface area contributed by atoms with Crippen LogP contribution in [0.1, 0.15) is 35.8 Å². The number of carbonyl (C=O) groups is 2. The molecule has 1 N–H and O–H groups in total. The number of rotatable bonds is 6. The fraction of sp³-hybridized carbons (Fsp3) is 0.400. The van der Waals surface area contributed by atoms with Crippen molar-refractivity contribution >= 4 is 22.7 Å². The molecule has 0 radical (unpaired) electrons. The summed E-state index contributed by atoms with van der Waals surface area (Å²) in [4.78, 5) is 33.2. The van der Waals surface area contributed by atoms with Crippen LogP contribution >= 0.6 is 0 Å². The third kappa shape index (κ3) is 3.84. The van der Waals surface area contributed by atoms with E-state index in [1.165, 1.54) is 0 Å². The second-order valence-electron chi connectivity index (χ2n) is 8.91. The number of aromatic nitrogens is 2. The van der Waals surface area contributed by atoms with Gasteiger partial charge in [-0.3, -0.25) is 14.6 Å². The fourth-order valence-corrected chi connectivity index (χ4v) is 4.78. The number of methoxy groups -OCH3 is 1. The number of hydrogen-bond donors (Lipinski definition) is 1. The standard InChI is InChI=1S/C25H28N4O4/c1-25(24(31)27-14-20-6-4-10-33-20)16-28-21-12-19(32-2)8-7-18(21)11-22(28)23(30)29(25)15-17-5-3-9-26-13-17/h3,5,7-9,11-13,20H,4,6,10,14-16H2,1-2H3,(H,27,31)/t20-,25-/m1/s1. The normalized spacial score (nSPS) is 22.4. The number of fused-ring (bicyclic) bond motifs is 3. The lowest BCUT2D eigenvalue weighted by Gasteiger charge is -2.44. The van der Waals surface area contributed by atoms with Crippen LogP contribution in [0.4, 0.5) is 0 Å². The highest BCUT2D eigenvalue weighted by Crippen LogP contribution is 2.34. The highest BCUT2D eigenvalue weighted by atomic mass is 16.5. The predicted molar refractivity (Wildman–Crippen MR) is 123 cm³/mol. The van der Waals surface area contributed by atoms with Gasteiger partial charge in [0, 0.05) is 43.5 Å². The van der Waals surface area contributed by atoms with Gasteiger partial charge in [-0.15, -0.1) is 0 Å². The van der Waals surface area contributed by atoms with E-state index in [1.54, 1.807) is 24.4 Å². The Labute approximate surface area is 192 Å². The average Bonchev–Trinajstić information content (AvgIpc) is 3.48. The summed E-state index contributed by atoms with van der Waals surface area (Å²) in [6, 6.07) is 11.4. The van der Waals surface area contributed by atoms with Gasteiger partial charge in [0.15, 0.2) is 0 Å². The van der Waals surface area contributed by atoms with Gasteiger partial charge in [-0.25, -0.2) is 0 Å². The monoisotopic (exact) mass is 448 g/mol. The molecule has 8 nitrogen and oxygen atoms in total. The molecule has 0 bridgehead atoms. The highest BCUT2D eigenvalue weighted by Gasteiger charge is 2.47. The molecule has 0 unspecified atom stereocenters. The molecule has 33 heavy (non-hydrogen) atoms. The topological polar surface area (TPSA) is 85.7 Å². The summed E-state index contributed by atoms with van der Waals surface area (Å²) in [6.45, 7) is 3.63. The Balaban J connectivity index is 1.53. The van der Waals surface area contributed by atoms with Gasteiger partial charge >= 0.3 is 0 Å². The number of benzene rings is 1. The lowest BCUT2D eigenvalue weighted by atomic mass is 9.94. The second kappa shape index (κ2) is 8.51. The van der Waals surface area contributed by atoms with Crippen molar-refractivity contribution in [2.45, 2.75) is 44.5 Å². The van der Waals surface area contributed by atoms with Crippen molar-refractivity contribution in [3.8, 4) is 5.75 Å². The summed E-state index contributed by atoms with van der Waals surface area (Å²) >= 11 is 0. The Hall–Kier alpha value is -3.39. The Morgan fingerprint density at radius 3 is 2.94 bits per heavy atom. The summed E-state index contributed by atoms with van der Waals surface area (Å²) in [5, 5.41) is 3.99. The van der Waals surface area contributed by atoms with Gasteiger partial charge in [-0.05, 0) is 49.6 Å². The SMILES string of the molecule is COc1ccc2cc3n(c2c1)C[C@](C)(C(=O)NC[C@H]1CCCO1)N(Cc1cccnc1)C3=O. The highest BCUT2D eigenvalue weighted by molar-refractivity contribution is 6.03. The third-order valence-corrected chi connectivity index (χ3v) is 6.70. The smallest absolute Gasteiger partial charge is 0.271 e. The zero-order valence-electron chi connectivity index (χ0n) is 18.9. The zero-order chi connectivity index (χ0) is 23.0. The van der Waals surface area contributed by atoms with Crippen LogP contribution in [0.25, 0.3) is 10.9 Å². The molecule has 2 aromatic heterocycles. The second-order valence-corrected chi connectivity index (χ2v) is 8.91. The summed E-state index contributed by atoms with van der Waals surface area (Å²) in [6.07, 6.45) is 5.38. The molecule has 2 aliphatic rings. The Kier molecular flexibility index (Phi) is 5.54. The van der Waals surface area contributed by atoms with Crippen LogP contribution in [-0.4, -0.2) is 58.2 Å². The minimum atomic E-state index is -1.09. The molecule has 0 spiro atoms. The van der Waals surface area contributed by atoms with Gasteiger partial charge in [0.25, 0.3) is 5.91 Å². The van der Waals surface area contributed by atoms with Crippen LogP contribution in [0, 0.1) is 0 Å². The van der Waals surface area contributed by atoms with Crippen molar-refractivity contribution in [2.24, 2.45) is 0 Å². The molecule has 172 valence electrons. The molecule has 1 aromatic carbocycles. The quantitative estimate of drug-likeness (QED) is 0.627. The van der Waals surface area contributed by atoms with Gasteiger partial charge < -0.3 is 24.3 Å². The Morgan fingerprint density at radius 2 is 2.21 bits per heavy atom. The summed E-state index contributed by atoms with van der Waals surface area (Å²) in [7, 11) is 1.62. The summed E-state index contributed by atoms with van der Waals surface area (Å²) in [5.74, 6) is 0.332. The molecule has 2 amide bonds. The van der Waals surface area contributed by atoms with Gasteiger partial charge in [0.1, 0.15) is 17.0 Å². The number of pyridine rings is 1. The number of nitrogens with zero attached hydrogens (tertiary/aromatic N) is 3. The van der Waals surface area contributed by atoms with E-state index < -0.39 is 5.54 Å². The van der Waals surface area contributed by atoms with E-state index in [4.69, 9.17) is 9.47 Å². The fourth-order valence-electron chi connectivity index (χ4n) is 4.78.